The molecule has 2 unspecified atom stereocenters. The van der Waals surface area contributed by atoms with E-state index in [9.17, 15) is 35.8 Å². The highest BCUT2D eigenvalue weighted by Gasteiger charge is 2.48. The molecule has 0 saturated carbocycles. The Morgan fingerprint density at radius 3 is 1.86 bits per heavy atom. The summed E-state index contributed by atoms with van der Waals surface area (Å²) >= 11 is 0. The first kappa shape index (κ1) is 53.5. The predicted molar refractivity (Wildman–Crippen MR) is 246 cm³/mol. The van der Waals surface area contributed by atoms with Gasteiger partial charge >= 0.3 is 5.97 Å². The van der Waals surface area contributed by atoms with Gasteiger partial charge in [0.15, 0.2) is 5.71 Å². The molecule has 4 rings (SSSR count). The van der Waals surface area contributed by atoms with Gasteiger partial charge in [-0.15, -0.1) is 0 Å². The van der Waals surface area contributed by atoms with Crippen LogP contribution in [0.25, 0.3) is 0 Å². The zero-order valence-electron chi connectivity index (χ0n) is 38.2. The first-order chi connectivity index (χ1) is 31.0. The van der Waals surface area contributed by atoms with Gasteiger partial charge in [-0.25, -0.2) is 8.42 Å². The van der Waals surface area contributed by atoms with Gasteiger partial charge in [0, 0.05) is 81.3 Å². The summed E-state index contributed by atoms with van der Waals surface area (Å²) in [5.41, 5.74) is 3.42. The SMILES string of the molecule is CCN1/C(=C/C=C/C=C/C=C/C2=[N+](CCCCCC(=O)O)c3ccc(S(=O)(=O)O)cc3C2(C)CCOCCOCCOC)C(C)(CCOCCOCCOC)c2cc(S(=O)(=O)[O-])ccc21. The lowest BCUT2D eigenvalue weighted by atomic mass is 9.76. The Bertz CT molecular complexity index is 2270. The second-order valence-electron chi connectivity index (χ2n) is 16.1. The fraction of sp³-hybridized carbons (Fsp3) is 0.532. The maximum atomic E-state index is 12.3. The maximum Gasteiger partial charge on any atom is 0.303 e. The monoisotopic (exact) mass is 946 g/mol. The van der Waals surface area contributed by atoms with Crippen LogP contribution < -0.4 is 4.90 Å². The average molecular weight is 947 g/mol. The lowest BCUT2D eigenvalue weighted by Crippen LogP contribution is -2.33. The molecule has 0 aliphatic carbocycles. The number of fused-ring (bicyclic) bond motifs is 2. The Kier molecular flexibility index (Phi) is 21.2. The molecular weight excluding hydrogens is 881 g/mol. The topological polar surface area (TPSA) is 210 Å². The van der Waals surface area contributed by atoms with E-state index in [1.54, 1.807) is 26.4 Å². The third-order valence-electron chi connectivity index (χ3n) is 11.6. The summed E-state index contributed by atoms with van der Waals surface area (Å²) < 4.78 is 106. The molecule has 2 atom stereocenters. The minimum atomic E-state index is -4.70. The van der Waals surface area contributed by atoms with Crippen molar-refractivity contribution in [3.63, 3.8) is 0 Å². The van der Waals surface area contributed by atoms with Gasteiger partial charge in [-0.1, -0.05) is 30.4 Å². The smallest absolute Gasteiger partial charge is 0.303 e. The number of carboxylic acids is 1. The molecule has 16 nitrogen and oxygen atoms in total. The lowest BCUT2D eigenvalue weighted by Gasteiger charge is -2.30. The van der Waals surface area contributed by atoms with Gasteiger partial charge in [-0.05, 0) is 88.4 Å². The van der Waals surface area contributed by atoms with E-state index in [1.165, 1.54) is 24.3 Å². The zero-order valence-corrected chi connectivity index (χ0v) is 39.9. The van der Waals surface area contributed by atoms with Crippen LogP contribution in [0.4, 0.5) is 11.4 Å². The number of likely N-dealkylation sites (N-methyl/N-ethyl adjacent to an activating group) is 1. The van der Waals surface area contributed by atoms with Crippen molar-refractivity contribution in [2.75, 3.05) is 98.3 Å². The molecule has 2 aliphatic rings. The molecule has 2 heterocycles. The minimum absolute atomic E-state index is 0.0691. The molecule has 0 radical (unpaired) electrons. The average Bonchev–Trinajstić information content (AvgIpc) is 3.63. The van der Waals surface area contributed by atoms with E-state index in [4.69, 9.17) is 28.4 Å². The van der Waals surface area contributed by atoms with Crippen LogP contribution in [0.15, 0.2) is 94.4 Å². The molecule has 65 heavy (non-hydrogen) atoms. The number of ether oxygens (including phenoxy) is 6. The summed E-state index contributed by atoms with van der Waals surface area (Å²) in [6.07, 6.45) is 16.3. The number of methoxy groups -OCH3 is 2. The third-order valence-corrected chi connectivity index (χ3v) is 13.3. The number of hydrogen-bond acceptors (Lipinski definition) is 13. The highest BCUT2D eigenvalue weighted by molar-refractivity contribution is 7.86. The van der Waals surface area contributed by atoms with Crippen LogP contribution in [0.2, 0.25) is 0 Å². The Morgan fingerprint density at radius 1 is 0.723 bits per heavy atom. The predicted octanol–water partition coefficient (Wildman–Crippen LogP) is 6.33. The third kappa shape index (κ3) is 15.0. The van der Waals surface area contributed by atoms with Crippen LogP contribution in [-0.4, -0.2) is 141 Å². The summed E-state index contributed by atoms with van der Waals surface area (Å²) in [4.78, 5) is 12.8. The highest BCUT2D eigenvalue weighted by Crippen LogP contribution is 2.50. The second kappa shape index (κ2) is 25.7. The number of aliphatic carboxylic acids is 1. The Labute approximate surface area is 384 Å². The number of hydrogen-bond donors (Lipinski definition) is 2. The van der Waals surface area contributed by atoms with Gasteiger partial charge in [-0.2, -0.15) is 13.0 Å². The fourth-order valence-corrected chi connectivity index (χ4v) is 9.18. The second-order valence-corrected chi connectivity index (χ2v) is 18.9. The number of carbonyl (C=O) groups is 1. The van der Waals surface area contributed by atoms with E-state index in [2.05, 4.69) is 9.48 Å². The van der Waals surface area contributed by atoms with Crippen molar-refractivity contribution in [1.29, 1.82) is 0 Å². The van der Waals surface area contributed by atoms with E-state index in [0.29, 0.717) is 111 Å². The van der Waals surface area contributed by atoms with E-state index >= 15 is 0 Å². The van der Waals surface area contributed by atoms with E-state index in [1.807, 2.05) is 63.3 Å². The van der Waals surface area contributed by atoms with Gasteiger partial charge in [0.2, 0.25) is 5.69 Å². The van der Waals surface area contributed by atoms with Crippen molar-refractivity contribution in [2.45, 2.75) is 79.9 Å². The standard InChI is InChI=1S/C47H66N2O14S2/c1-6-48-41-20-18-37(64(52,53)54)35-39(41)46(2,22-25-60-31-33-62-29-27-58-4)43(48)15-11-8-7-9-12-16-44-47(3,23-26-61-32-34-63-30-28-59-5)40-36-38(65(55,56)57)19-21-42(40)49(44)24-14-10-13-17-45(50)51/h7-9,11-12,15-16,18-21,35-36H,6,10,13-14,17,22-34H2,1-5H3,(H2-,50,51,52,53,54,55,56,57). The first-order valence-electron chi connectivity index (χ1n) is 21.9. The van der Waals surface area contributed by atoms with Crippen LogP contribution in [-0.2, 0) is 64.3 Å². The Balaban J connectivity index is 1.62. The summed E-state index contributed by atoms with van der Waals surface area (Å²) in [5.74, 6) is -0.851. The molecule has 0 fully saturated rings. The quantitative estimate of drug-likeness (QED) is 0.0366. The van der Waals surface area contributed by atoms with Crippen molar-refractivity contribution in [3.05, 3.63) is 95.8 Å². The van der Waals surface area contributed by atoms with Crippen molar-refractivity contribution < 1.29 is 68.8 Å². The van der Waals surface area contributed by atoms with Gasteiger partial charge in [0.25, 0.3) is 10.1 Å². The molecule has 0 bridgehead atoms. The molecule has 2 N–H and O–H groups in total. The van der Waals surface area contributed by atoms with Crippen molar-refractivity contribution in [1.82, 2.24) is 0 Å². The molecule has 18 heteroatoms. The van der Waals surface area contributed by atoms with Crippen molar-refractivity contribution in [2.24, 2.45) is 0 Å². The molecule has 0 saturated heterocycles. The molecular formula is C47H66N2O14S2. The minimum Gasteiger partial charge on any atom is -0.744 e. The summed E-state index contributed by atoms with van der Waals surface area (Å²) in [7, 11) is -5.99. The molecule has 0 spiro atoms. The maximum absolute atomic E-state index is 12.3. The highest BCUT2D eigenvalue weighted by atomic mass is 32.2. The van der Waals surface area contributed by atoms with Crippen LogP contribution >= 0.6 is 0 Å². The number of anilines is 1. The Morgan fingerprint density at radius 2 is 1.28 bits per heavy atom. The number of nitrogens with zero attached hydrogens (tertiary/aromatic N) is 2. The summed E-state index contributed by atoms with van der Waals surface area (Å²) in [6.45, 7) is 11.2. The number of rotatable bonds is 31. The van der Waals surface area contributed by atoms with E-state index in [-0.39, 0.29) is 16.2 Å². The first-order valence-corrected chi connectivity index (χ1v) is 24.8. The molecule has 2 aromatic carbocycles. The van der Waals surface area contributed by atoms with Gasteiger partial charge in [0.1, 0.15) is 16.7 Å². The number of benzene rings is 2. The Hall–Kier alpha value is -4.08. The molecule has 2 aliphatic heterocycles. The molecule has 0 amide bonds. The van der Waals surface area contributed by atoms with Crippen LogP contribution in [0.1, 0.15) is 70.4 Å². The fourth-order valence-electron chi connectivity index (χ4n) is 8.18. The molecule has 0 aromatic heterocycles. The summed E-state index contributed by atoms with van der Waals surface area (Å²) in [6, 6.07) is 9.11. The number of allylic oxidation sites excluding steroid dienone is 8. The lowest BCUT2D eigenvalue weighted by molar-refractivity contribution is -0.438. The molecule has 360 valence electrons. The zero-order chi connectivity index (χ0) is 47.5. The van der Waals surface area contributed by atoms with E-state index in [0.717, 1.165) is 33.9 Å². The van der Waals surface area contributed by atoms with Crippen molar-refractivity contribution in [3.8, 4) is 0 Å². The van der Waals surface area contributed by atoms with Crippen molar-refractivity contribution >= 4 is 43.3 Å². The van der Waals surface area contributed by atoms with Crippen LogP contribution in [0, 0.1) is 0 Å². The summed E-state index contributed by atoms with van der Waals surface area (Å²) in [5, 5.41) is 9.18. The van der Waals surface area contributed by atoms with Crippen LogP contribution in [0.3, 0.4) is 0 Å². The number of carboxylic acid groups (broad SMARTS) is 1. The normalized spacial score (nSPS) is 19.5. The van der Waals surface area contributed by atoms with Gasteiger partial charge in [0.05, 0.1) is 68.1 Å². The largest absolute Gasteiger partial charge is 0.744 e. The van der Waals surface area contributed by atoms with Gasteiger partial charge < -0.3 is 43.0 Å². The number of unbranched alkanes of at least 4 members (excludes halogenated alkanes) is 2. The van der Waals surface area contributed by atoms with Gasteiger partial charge in [-0.3, -0.25) is 9.35 Å². The van der Waals surface area contributed by atoms with Crippen LogP contribution in [0.5, 0.6) is 0 Å². The van der Waals surface area contributed by atoms with E-state index < -0.39 is 37.0 Å². The molecule has 2 aromatic rings.